The predicted molar refractivity (Wildman–Crippen MR) is 103 cm³/mol. The minimum atomic E-state index is -0.459. The lowest BCUT2D eigenvalue weighted by Gasteiger charge is -2.36. The molecule has 0 fully saturated rings. The monoisotopic (exact) mass is 385 g/mol. The lowest BCUT2D eigenvalue weighted by molar-refractivity contribution is -0.377. The van der Waals surface area contributed by atoms with Crippen molar-refractivity contribution in [3.63, 3.8) is 0 Å². The standard InChI is InChI=1S/C20H21N2O6/c1-21-8-7-13-9-17-19(28-11-27-17)20(26-2)18(13)15(21)10-16(23)12-3-5-14(6-4-12)22(24)25/h3-6,9,15H,7-8,10-11H2,1-2H3,(H-,23,24,25)/q-1/t15-/m1/s1. The van der Waals surface area contributed by atoms with Gasteiger partial charge in [0.2, 0.25) is 18.3 Å². The number of rotatable bonds is 3. The minimum absolute atomic E-state index is 0.00828. The van der Waals surface area contributed by atoms with Crippen LogP contribution in [0.5, 0.6) is 17.2 Å². The van der Waals surface area contributed by atoms with Crippen molar-refractivity contribution in [2.24, 2.45) is 0 Å². The normalized spacial score (nSPS) is 20.3. The van der Waals surface area contributed by atoms with Crippen molar-refractivity contribution in [1.29, 1.82) is 0 Å². The molecule has 1 N–H and O–H groups in total. The maximum Gasteiger partial charge on any atom is 0.231 e. The highest BCUT2D eigenvalue weighted by molar-refractivity contribution is 6.02. The Hall–Kier alpha value is -3.13. The topological polar surface area (TPSA) is 100 Å². The van der Waals surface area contributed by atoms with Gasteiger partial charge in [0.1, 0.15) is 5.76 Å². The number of nitrogens with zero attached hydrogens (tertiary/aromatic N) is 2. The Morgan fingerprint density at radius 2 is 2.04 bits per heavy atom. The van der Waals surface area contributed by atoms with Gasteiger partial charge in [-0.1, -0.05) is 0 Å². The van der Waals surface area contributed by atoms with E-state index in [1.54, 1.807) is 19.3 Å². The van der Waals surface area contributed by atoms with Gasteiger partial charge >= 0.3 is 0 Å². The predicted octanol–water partition coefficient (Wildman–Crippen LogP) is 2.73. The molecular formula is C20H21N2O6-. The zero-order valence-electron chi connectivity index (χ0n) is 15.7. The van der Waals surface area contributed by atoms with Gasteiger partial charge in [0, 0.05) is 42.3 Å². The number of ether oxygens (including phenoxy) is 3. The van der Waals surface area contributed by atoms with Crippen LogP contribution in [0.15, 0.2) is 41.7 Å². The van der Waals surface area contributed by atoms with Gasteiger partial charge in [0.25, 0.3) is 0 Å². The Labute approximate surface area is 162 Å². The van der Waals surface area contributed by atoms with Crippen LogP contribution in [-0.2, 0) is 6.42 Å². The lowest BCUT2D eigenvalue weighted by Crippen LogP contribution is -2.33. The first-order valence-corrected chi connectivity index (χ1v) is 8.98. The van der Waals surface area contributed by atoms with Crippen LogP contribution in [0.2, 0.25) is 0 Å². The lowest BCUT2D eigenvalue weighted by atomic mass is 9.88. The van der Waals surface area contributed by atoms with Crippen LogP contribution >= 0.6 is 0 Å². The highest BCUT2D eigenvalue weighted by atomic mass is 16.8. The molecule has 1 aromatic rings. The number of methoxy groups -OCH3 is 1. The molecule has 4 rings (SSSR count). The summed E-state index contributed by atoms with van der Waals surface area (Å²) in [7, 11) is 3.60. The van der Waals surface area contributed by atoms with Crippen molar-refractivity contribution in [2.45, 2.75) is 18.9 Å². The molecule has 8 heteroatoms. The molecule has 0 spiro atoms. The first kappa shape index (κ1) is 18.2. The molecule has 2 aliphatic heterocycles. The zero-order valence-corrected chi connectivity index (χ0v) is 15.7. The summed E-state index contributed by atoms with van der Waals surface area (Å²) in [4.78, 5) is 1.70. The van der Waals surface area contributed by atoms with Crippen LogP contribution in [0.1, 0.15) is 23.6 Å². The number of fused-ring (bicyclic) bond motifs is 2. The Balaban J connectivity index is 1.71. The molecule has 1 aromatic carbocycles. The molecule has 0 radical (unpaired) electrons. The number of aliphatic hydroxyl groups is 1. The van der Waals surface area contributed by atoms with Crippen LogP contribution in [0.25, 0.3) is 0 Å². The molecule has 1 aliphatic carbocycles. The number of aliphatic hydroxyl groups excluding tert-OH is 1. The third-order valence-electron chi connectivity index (χ3n) is 5.34. The highest BCUT2D eigenvalue weighted by Gasteiger charge is 2.34. The van der Waals surface area contributed by atoms with E-state index in [2.05, 4.69) is 4.90 Å². The first-order chi connectivity index (χ1) is 13.5. The molecule has 0 saturated carbocycles. The molecule has 2 heterocycles. The van der Waals surface area contributed by atoms with E-state index >= 15 is 0 Å². The smallest absolute Gasteiger partial charge is 0.231 e. The van der Waals surface area contributed by atoms with Gasteiger partial charge in [0.05, 0.1) is 7.11 Å². The first-order valence-electron chi connectivity index (χ1n) is 8.98. The van der Waals surface area contributed by atoms with E-state index in [1.165, 1.54) is 12.2 Å². The van der Waals surface area contributed by atoms with E-state index in [1.807, 2.05) is 13.1 Å². The summed E-state index contributed by atoms with van der Waals surface area (Å²) in [5.41, 5.74) is 2.64. The van der Waals surface area contributed by atoms with Gasteiger partial charge in [-0.2, -0.15) is 4.90 Å². The SMILES string of the molecule is COc1c2c(cc3c1[C@@H](CC(O)=C1C=CC(=[N+]([O-])[O-])C=C1)N(C)CC3)OCO2. The second-order valence-corrected chi connectivity index (χ2v) is 6.92. The second-order valence-electron chi connectivity index (χ2n) is 6.92. The molecule has 148 valence electrons. The third-order valence-corrected chi connectivity index (χ3v) is 5.34. The fourth-order valence-electron chi connectivity index (χ4n) is 3.86. The van der Waals surface area contributed by atoms with Gasteiger partial charge < -0.3 is 29.7 Å². The van der Waals surface area contributed by atoms with Crippen LogP contribution in [0.4, 0.5) is 0 Å². The molecule has 8 nitrogen and oxygen atoms in total. The fraction of sp³-hybridized carbons (Fsp3) is 0.350. The number of hydrogen-bond donors (Lipinski definition) is 1. The molecule has 0 unspecified atom stereocenters. The average Bonchev–Trinajstić information content (AvgIpc) is 3.16. The number of hydrogen-bond acceptors (Lipinski definition) is 7. The average molecular weight is 385 g/mol. The molecule has 1 atom stereocenters. The molecule has 0 amide bonds. The summed E-state index contributed by atoms with van der Waals surface area (Å²) >= 11 is 0. The third kappa shape index (κ3) is 3.05. The Kier molecular flexibility index (Phi) is 4.64. The molecule has 0 saturated heterocycles. The van der Waals surface area contributed by atoms with Gasteiger partial charge in [0.15, 0.2) is 11.5 Å². The summed E-state index contributed by atoms with van der Waals surface area (Å²) in [6.07, 6.45) is 7.10. The van der Waals surface area contributed by atoms with Gasteiger partial charge in [-0.3, -0.25) is 4.90 Å². The largest absolute Gasteiger partial charge is 0.612 e. The fourth-order valence-corrected chi connectivity index (χ4v) is 3.86. The molecule has 0 bridgehead atoms. The number of likely N-dealkylation sites (N-methyl/N-ethyl adjacent to an activating group) is 1. The Morgan fingerprint density at radius 1 is 1.29 bits per heavy atom. The summed E-state index contributed by atoms with van der Waals surface area (Å²) in [5, 5.41) is 32.4. The van der Waals surface area contributed by atoms with Gasteiger partial charge in [-0.05, 0) is 37.3 Å². The van der Waals surface area contributed by atoms with Crippen molar-refractivity contribution in [3.8, 4) is 17.2 Å². The van der Waals surface area contributed by atoms with E-state index < -0.39 is 4.90 Å². The van der Waals surface area contributed by atoms with Crippen molar-refractivity contribution >= 4 is 5.71 Å². The van der Waals surface area contributed by atoms with E-state index in [9.17, 15) is 15.5 Å². The van der Waals surface area contributed by atoms with Crippen LogP contribution < -0.4 is 14.2 Å². The number of allylic oxidation sites excluding steroid dienone is 5. The Morgan fingerprint density at radius 3 is 2.71 bits per heavy atom. The van der Waals surface area contributed by atoms with E-state index in [0.29, 0.717) is 29.2 Å². The van der Waals surface area contributed by atoms with Crippen LogP contribution in [0, 0.1) is 10.4 Å². The highest BCUT2D eigenvalue weighted by Crippen LogP contribution is 2.50. The minimum Gasteiger partial charge on any atom is -0.612 e. The van der Waals surface area contributed by atoms with Crippen LogP contribution in [0.3, 0.4) is 0 Å². The van der Waals surface area contributed by atoms with Crippen molar-refractivity contribution in [1.82, 2.24) is 4.90 Å². The summed E-state index contributed by atoms with van der Waals surface area (Å²) < 4.78 is 16.8. The van der Waals surface area contributed by atoms with Crippen LogP contribution in [-0.4, -0.2) is 48.1 Å². The summed E-state index contributed by atoms with van der Waals surface area (Å²) in [5.74, 6) is 2.08. The second kappa shape index (κ2) is 7.12. The number of benzene rings is 1. The van der Waals surface area contributed by atoms with Crippen molar-refractivity contribution < 1.29 is 24.2 Å². The molecule has 0 aromatic heterocycles. The van der Waals surface area contributed by atoms with Gasteiger partial charge in [-0.15, -0.1) is 0 Å². The molecule has 3 aliphatic rings. The van der Waals surface area contributed by atoms with E-state index in [-0.39, 0.29) is 24.3 Å². The van der Waals surface area contributed by atoms with Crippen molar-refractivity contribution in [2.75, 3.05) is 27.5 Å². The summed E-state index contributed by atoms with van der Waals surface area (Å²) in [6, 6.07) is 1.87. The maximum absolute atomic E-state index is 10.8. The van der Waals surface area contributed by atoms with Gasteiger partial charge in [-0.25, -0.2) is 0 Å². The molecule has 28 heavy (non-hydrogen) atoms. The van der Waals surface area contributed by atoms with E-state index in [0.717, 1.165) is 24.1 Å². The van der Waals surface area contributed by atoms with E-state index in [4.69, 9.17) is 14.2 Å². The summed E-state index contributed by atoms with van der Waals surface area (Å²) in [6.45, 7) is 0.989. The molecular weight excluding hydrogens is 364 g/mol. The Bertz CT molecular complexity index is 909. The zero-order chi connectivity index (χ0) is 19.8. The maximum atomic E-state index is 10.8. The quantitative estimate of drug-likeness (QED) is 0.485. The van der Waals surface area contributed by atoms with Crippen molar-refractivity contribution in [3.05, 3.63) is 63.2 Å².